The standard InChI is InChI=1S/C20H19NO3S2/c1-13(14-7-5-4-6-8-14)21-19(22)18(26-20(21)25)11-15-9-10-16(23-2)12-17(15)24-3/h4-13H,1-3H3/b18-11+/t13-/m0/s1. The molecule has 134 valence electrons. The van der Waals surface area contributed by atoms with Crippen LogP contribution in [0.2, 0.25) is 0 Å². The van der Waals surface area contributed by atoms with Gasteiger partial charge in [0, 0.05) is 11.6 Å². The third-order valence-electron chi connectivity index (χ3n) is 4.22. The molecule has 0 spiro atoms. The zero-order valence-electron chi connectivity index (χ0n) is 14.8. The first-order valence-electron chi connectivity index (χ1n) is 8.09. The maximum atomic E-state index is 12.9. The molecule has 0 saturated carbocycles. The predicted octanol–water partition coefficient (Wildman–Crippen LogP) is 4.67. The molecular weight excluding hydrogens is 366 g/mol. The van der Waals surface area contributed by atoms with Crippen molar-refractivity contribution in [2.24, 2.45) is 0 Å². The second-order valence-corrected chi connectivity index (χ2v) is 7.42. The molecule has 0 aromatic heterocycles. The Balaban J connectivity index is 1.90. The monoisotopic (exact) mass is 385 g/mol. The lowest BCUT2D eigenvalue weighted by Gasteiger charge is -2.23. The topological polar surface area (TPSA) is 38.8 Å². The van der Waals surface area contributed by atoms with Crippen molar-refractivity contribution in [2.75, 3.05) is 14.2 Å². The Bertz CT molecular complexity index is 865. The molecule has 2 aromatic rings. The third kappa shape index (κ3) is 3.61. The number of rotatable bonds is 5. The van der Waals surface area contributed by atoms with Gasteiger partial charge in [-0.1, -0.05) is 54.3 Å². The quantitative estimate of drug-likeness (QED) is 0.553. The molecule has 0 unspecified atom stereocenters. The number of nitrogens with zero attached hydrogens (tertiary/aromatic N) is 1. The first-order chi connectivity index (χ1) is 12.5. The van der Waals surface area contributed by atoms with Crippen molar-refractivity contribution in [1.82, 2.24) is 4.90 Å². The molecule has 1 atom stereocenters. The summed E-state index contributed by atoms with van der Waals surface area (Å²) in [4.78, 5) is 15.2. The van der Waals surface area contributed by atoms with Crippen molar-refractivity contribution >= 4 is 40.3 Å². The Kier molecular flexibility index (Phi) is 5.64. The van der Waals surface area contributed by atoms with E-state index in [9.17, 15) is 4.79 Å². The second-order valence-electron chi connectivity index (χ2n) is 5.75. The number of benzene rings is 2. The second kappa shape index (κ2) is 7.93. The first kappa shape index (κ1) is 18.5. The molecular formula is C20H19NO3S2. The van der Waals surface area contributed by atoms with Crippen LogP contribution in [0, 0.1) is 0 Å². The van der Waals surface area contributed by atoms with Gasteiger partial charge in [0.05, 0.1) is 25.2 Å². The molecule has 3 rings (SSSR count). The largest absolute Gasteiger partial charge is 0.497 e. The fraction of sp³-hybridized carbons (Fsp3) is 0.200. The molecule has 1 amide bonds. The summed E-state index contributed by atoms with van der Waals surface area (Å²) in [5.74, 6) is 1.25. The fourth-order valence-electron chi connectivity index (χ4n) is 2.77. The molecule has 0 aliphatic carbocycles. The number of methoxy groups -OCH3 is 2. The normalized spacial score (nSPS) is 16.9. The summed E-state index contributed by atoms with van der Waals surface area (Å²) in [6, 6.07) is 15.2. The van der Waals surface area contributed by atoms with Crippen LogP contribution in [0.5, 0.6) is 11.5 Å². The number of ether oxygens (including phenoxy) is 2. The van der Waals surface area contributed by atoms with E-state index < -0.39 is 0 Å². The molecule has 0 radical (unpaired) electrons. The summed E-state index contributed by atoms with van der Waals surface area (Å²) in [5, 5.41) is 0. The van der Waals surface area contributed by atoms with Crippen LogP contribution in [0.15, 0.2) is 53.4 Å². The number of hydrogen-bond donors (Lipinski definition) is 0. The van der Waals surface area contributed by atoms with E-state index in [4.69, 9.17) is 21.7 Å². The molecule has 1 fully saturated rings. The van der Waals surface area contributed by atoms with Gasteiger partial charge in [0.1, 0.15) is 15.8 Å². The van der Waals surface area contributed by atoms with Gasteiger partial charge in [-0.15, -0.1) is 0 Å². The highest BCUT2D eigenvalue weighted by atomic mass is 32.2. The Labute approximate surface area is 162 Å². The number of carbonyl (C=O) groups excluding carboxylic acids is 1. The van der Waals surface area contributed by atoms with Crippen LogP contribution in [-0.4, -0.2) is 29.3 Å². The van der Waals surface area contributed by atoms with Crippen molar-refractivity contribution in [3.8, 4) is 11.5 Å². The van der Waals surface area contributed by atoms with Gasteiger partial charge in [0.25, 0.3) is 5.91 Å². The van der Waals surface area contributed by atoms with Gasteiger partial charge in [-0.3, -0.25) is 9.69 Å². The Hall–Kier alpha value is -2.31. The van der Waals surface area contributed by atoms with E-state index in [1.54, 1.807) is 25.2 Å². The summed E-state index contributed by atoms with van der Waals surface area (Å²) in [5.41, 5.74) is 1.85. The van der Waals surface area contributed by atoms with E-state index in [-0.39, 0.29) is 11.9 Å². The molecule has 1 aliphatic rings. The summed E-state index contributed by atoms with van der Waals surface area (Å²) in [6.45, 7) is 1.98. The predicted molar refractivity (Wildman–Crippen MR) is 109 cm³/mol. The summed E-state index contributed by atoms with van der Waals surface area (Å²) >= 11 is 6.77. The van der Waals surface area contributed by atoms with Crippen molar-refractivity contribution in [3.63, 3.8) is 0 Å². The summed E-state index contributed by atoms with van der Waals surface area (Å²) in [6.07, 6.45) is 1.81. The smallest absolute Gasteiger partial charge is 0.266 e. The van der Waals surface area contributed by atoms with Crippen LogP contribution in [0.3, 0.4) is 0 Å². The summed E-state index contributed by atoms with van der Waals surface area (Å²) < 4.78 is 11.2. The van der Waals surface area contributed by atoms with Crippen LogP contribution in [0.1, 0.15) is 24.1 Å². The number of thiocarbonyl (C=S) groups is 1. The highest BCUT2D eigenvalue weighted by Gasteiger charge is 2.36. The molecule has 1 heterocycles. The lowest BCUT2D eigenvalue weighted by molar-refractivity contribution is -0.123. The molecule has 4 nitrogen and oxygen atoms in total. The van der Waals surface area contributed by atoms with Crippen molar-refractivity contribution in [2.45, 2.75) is 13.0 Å². The Morgan fingerprint density at radius 2 is 1.85 bits per heavy atom. The van der Waals surface area contributed by atoms with Gasteiger partial charge in [-0.05, 0) is 30.7 Å². The highest BCUT2D eigenvalue weighted by Crippen LogP contribution is 2.39. The molecule has 26 heavy (non-hydrogen) atoms. The maximum absolute atomic E-state index is 12.9. The minimum Gasteiger partial charge on any atom is -0.497 e. The maximum Gasteiger partial charge on any atom is 0.266 e. The fourth-order valence-corrected chi connectivity index (χ4v) is 4.18. The van der Waals surface area contributed by atoms with Crippen molar-refractivity contribution in [1.29, 1.82) is 0 Å². The molecule has 1 aliphatic heterocycles. The van der Waals surface area contributed by atoms with E-state index in [1.807, 2.05) is 55.5 Å². The van der Waals surface area contributed by atoms with Crippen LogP contribution >= 0.6 is 24.0 Å². The van der Waals surface area contributed by atoms with Gasteiger partial charge in [-0.25, -0.2) is 0 Å². The highest BCUT2D eigenvalue weighted by molar-refractivity contribution is 8.26. The average Bonchev–Trinajstić information content (AvgIpc) is 2.95. The van der Waals surface area contributed by atoms with Gasteiger partial charge < -0.3 is 9.47 Å². The van der Waals surface area contributed by atoms with Crippen LogP contribution in [0.4, 0.5) is 0 Å². The number of carbonyl (C=O) groups is 1. The lowest BCUT2D eigenvalue weighted by Crippen LogP contribution is -2.30. The van der Waals surface area contributed by atoms with Gasteiger partial charge in [-0.2, -0.15) is 0 Å². The Morgan fingerprint density at radius 1 is 1.12 bits per heavy atom. The van der Waals surface area contributed by atoms with E-state index in [1.165, 1.54) is 11.8 Å². The molecule has 1 saturated heterocycles. The number of thioether (sulfide) groups is 1. The molecule has 2 aromatic carbocycles. The van der Waals surface area contributed by atoms with E-state index in [0.29, 0.717) is 20.7 Å². The number of amides is 1. The molecule has 0 N–H and O–H groups in total. The van der Waals surface area contributed by atoms with Crippen molar-refractivity contribution < 1.29 is 14.3 Å². The average molecular weight is 386 g/mol. The lowest BCUT2D eigenvalue weighted by atomic mass is 10.1. The van der Waals surface area contributed by atoms with E-state index in [2.05, 4.69) is 0 Å². The SMILES string of the molecule is COc1ccc(/C=C2/SC(=S)N([C@@H](C)c3ccccc3)C2=O)c(OC)c1. The van der Waals surface area contributed by atoms with Gasteiger partial charge >= 0.3 is 0 Å². The first-order valence-corrected chi connectivity index (χ1v) is 9.31. The minimum atomic E-state index is -0.118. The molecule has 0 bridgehead atoms. The van der Waals surface area contributed by atoms with Gasteiger partial charge in [0.2, 0.25) is 0 Å². The third-order valence-corrected chi connectivity index (χ3v) is 5.55. The Morgan fingerprint density at radius 3 is 2.50 bits per heavy atom. The van der Waals surface area contributed by atoms with E-state index >= 15 is 0 Å². The van der Waals surface area contributed by atoms with Crippen LogP contribution in [0.25, 0.3) is 6.08 Å². The molecule has 6 heteroatoms. The zero-order chi connectivity index (χ0) is 18.7. The van der Waals surface area contributed by atoms with E-state index in [0.717, 1.165) is 11.1 Å². The van der Waals surface area contributed by atoms with Gasteiger partial charge in [0.15, 0.2) is 0 Å². The van der Waals surface area contributed by atoms with Crippen LogP contribution in [-0.2, 0) is 4.79 Å². The summed E-state index contributed by atoms with van der Waals surface area (Å²) in [7, 11) is 3.19. The van der Waals surface area contributed by atoms with Crippen molar-refractivity contribution in [3.05, 3.63) is 64.6 Å². The minimum absolute atomic E-state index is 0.0887. The zero-order valence-corrected chi connectivity index (χ0v) is 16.4. The van der Waals surface area contributed by atoms with Crippen LogP contribution < -0.4 is 9.47 Å². The number of hydrogen-bond acceptors (Lipinski definition) is 5.